The fourth-order valence-electron chi connectivity index (χ4n) is 5.57. The van der Waals surface area contributed by atoms with Crippen molar-refractivity contribution in [2.24, 2.45) is 35.5 Å². The Morgan fingerprint density at radius 2 is 1.04 bits per heavy atom. The molecule has 4 aliphatic carbocycles. The van der Waals surface area contributed by atoms with Crippen molar-refractivity contribution in [2.45, 2.75) is 64.2 Å². The highest BCUT2D eigenvalue weighted by atomic mass is 16.5. The first-order valence-corrected chi connectivity index (χ1v) is 11.4. The lowest BCUT2D eigenvalue weighted by Gasteiger charge is -2.16. The van der Waals surface area contributed by atoms with Gasteiger partial charge in [-0.1, -0.05) is 50.0 Å². The quantitative estimate of drug-likeness (QED) is 0.290. The molecular weight excluding hydrogens is 352 g/mol. The Morgan fingerprint density at radius 3 is 1.39 bits per heavy atom. The van der Waals surface area contributed by atoms with Gasteiger partial charge in [-0.2, -0.15) is 0 Å². The topological polar surface area (TPSA) is 52.6 Å². The van der Waals surface area contributed by atoms with E-state index in [2.05, 4.69) is 24.3 Å². The van der Waals surface area contributed by atoms with E-state index < -0.39 is 0 Å². The molecule has 4 nitrogen and oxygen atoms in total. The standard InChI is InChI=1S/C24H34O4/c25-23(21-15-17-7-9-19(21)13-17)27-11-5-3-1-2-4-6-12-28-24(26)22-16-18-8-10-20(22)14-18/h7-10,17-22H,1-6,11-16H2/t17-,18?,19+,20?,21-,22+/m1/s1. The molecule has 0 spiro atoms. The zero-order valence-electron chi connectivity index (χ0n) is 16.9. The van der Waals surface area contributed by atoms with Gasteiger partial charge in [0.05, 0.1) is 25.0 Å². The number of hydrogen-bond acceptors (Lipinski definition) is 4. The molecule has 4 heteroatoms. The Balaban J connectivity index is 0.953. The van der Waals surface area contributed by atoms with Crippen LogP contribution in [0.2, 0.25) is 0 Å². The minimum absolute atomic E-state index is 0.0182. The van der Waals surface area contributed by atoms with Crippen molar-refractivity contribution in [2.75, 3.05) is 13.2 Å². The number of allylic oxidation sites excluding steroid dienone is 4. The number of unbranched alkanes of at least 4 members (excludes halogenated alkanes) is 5. The van der Waals surface area contributed by atoms with Crippen LogP contribution in [-0.4, -0.2) is 25.2 Å². The second kappa shape index (κ2) is 9.28. The molecule has 154 valence electrons. The van der Waals surface area contributed by atoms with Crippen LogP contribution in [0.1, 0.15) is 64.2 Å². The molecule has 4 rings (SSSR count). The average molecular weight is 387 g/mol. The number of esters is 2. The molecule has 4 bridgehead atoms. The largest absolute Gasteiger partial charge is 0.465 e. The first kappa shape index (κ1) is 19.7. The lowest BCUT2D eigenvalue weighted by atomic mass is 9.94. The van der Waals surface area contributed by atoms with Gasteiger partial charge >= 0.3 is 11.9 Å². The van der Waals surface area contributed by atoms with Crippen molar-refractivity contribution in [3.8, 4) is 0 Å². The molecule has 0 heterocycles. The van der Waals surface area contributed by atoms with Crippen molar-refractivity contribution < 1.29 is 19.1 Å². The van der Waals surface area contributed by atoms with Crippen molar-refractivity contribution in [3.05, 3.63) is 24.3 Å². The third-order valence-electron chi connectivity index (χ3n) is 7.19. The average Bonchev–Trinajstić information content (AvgIpc) is 3.49. The van der Waals surface area contributed by atoms with E-state index >= 15 is 0 Å². The second-order valence-corrected chi connectivity index (χ2v) is 9.23. The molecule has 0 aliphatic heterocycles. The molecule has 0 N–H and O–H groups in total. The molecular formula is C24H34O4. The smallest absolute Gasteiger partial charge is 0.309 e. The summed E-state index contributed by atoms with van der Waals surface area (Å²) in [6.45, 7) is 1.12. The van der Waals surface area contributed by atoms with Crippen molar-refractivity contribution in [3.63, 3.8) is 0 Å². The van der Waals surface area contributed by atoms with Gasteiger partial charge in [0.15, 0.2) is 0 Å². The summed E-state index contributed by atoms with van der Waals surface area (Å²) in [5.74, 6) is 2.38. The molecule has 0 aromatic heterocycles. The van der Waals surface area contributed by atoms with E-state index in [9.17, 15) is 9.59 Å². The molecule has 28 heavy (non-hydrogen) atoms. The highest BCUT2D eigenvalue weighted by Gasteiger charge is 2.41. The fourth-order valence-corrected chi connectivity index (χ4v) is 5.57. The van der Waals surface area contributed by atoms with Gasteiger partial charge in [0, 0.05) is 0 Å². The van der Waals surface area contributed by atoms with Gasteiger partial charge in [-0.05, 0) is 62.2 Å². The van der Waals surface area contributed by atoms with E-state index in [1.807, 2.05) is 0 Å². The highest BCUT2D eigenvalue weighted by molar-refractivity contribution is 5.74. The van der Waals surface area contributed by atoms with Crippen LogP contribution in [0.3, 0.4) is 0 Å². The van der Waals surface area contributed by atoms with E-state index in [0.717, 1.165) is 64.2 Å². The molecule has 0 saturated heterocycles. The summed E-state index contributed by atoms with van der Waals surface area (Å²) < 4.78 is 11.0. The number of fused-ring (bicyclic) bond motifs is 4. The van der Waals surface area contributed by atoms with Gasteiger partial charge in [-0.3, -0.25) is 9.59 Å². The summed E-state index contributed by atoms with van der Waals surface area (Å²) in [5, 5.41) is 0. The Hall–Kier alpha value is -1.58. The molecule has 6 atom stereocenters. The third-order valence-corrected chi connectivity index (χ3v) is 7.19. The summed E-state index contributed by atoms with van der Waals surface area (Å²) in [6.07, 6.45) is 19.6. The van der Waals surface area contributed by atoms with Crippen molar-refractivity contribution in [1.29, 1.82) is 0 Å². The van der Waals surface area contributed by atoms with Gasteiger partial charge in [0.25, 0.3) is 0 Å². The molecule has 0 aromatic carbocycles. The zero-order chi connectivity index (χ0) is 19.3. The Labute approximate surface area is 168 Å². The van der Waals surface area contributed by atoms with Crippen LogP contribution in [-0.2, 0) is 19.1 Å². The van der Waals surface area contributed by atoms with Gasteiger partial charge in [-0.15, -0.1) is 0 Å². The number of rotatable bonds is 11. The predicted octanol–water partition coefficient (Wildman–Crippen LogP) is 4.84. The molecule has 0 aromatic rings. The fraction of sp³-hybridized carbons (Fsp3) is 0.750. The summed E-state index contributed by atoms with van der Waals surface area (Å²) in [4.78, 5) is 24.3. The first-order valence-electron chi connectivity index (χ1n) is 11.4. The minimum Gasteiger partial charge on any atom is -0.465 e. The summed E-state index contributed by atoms with van der Waals surface area (Å²) in [5.41, 5.74) is 0. The number of hydrogen-bond donors (Lipinski definition) is 0. The van der Waals surface area contributed by atoms with E-state index in [-0.39, 0.29) is 23.8 Å². The summed E-state index contributed by atoms with van der Waals surface area (Å²) in [7, 11) is 0. The van der Waals surface area contributed by atoms with Crippen LogP contribution < -0.4 is 0 Å². The van der Waals surface area contributed by atoms with E-state index in [1.54, 1.807) is 0 Å². The van der Waals surface area contributed by atoms with E-state index in [1.165, 1.54) is 0 Å². The minimum atomic E-state index is 0.0182. The maximum Gasteiger partial charge on any atom is 0.309 e. The molecule has 2 unspecified atom stereocenters. The number of carbonyl (C=O) groups is 2. The first-order chi connectivity index (χ1) is 13.7. The van der Waals surface area contributed by atoms with Crippen LogP contribution in [0, 0.1) is 35.5 Å². The maximum atomic E-state index is 12.1. The third kappa shape index (κ3) is 4.69. The number of carbonyl (C=O) groups excluding carboxylic acids is 2. The molecule has 0 radical (unpaired) electrons. The van der Waals surface area contributed by atoms with Crippen LogP contribution in [0.4, 0.5) is 0 Å². The van der Waals surface area contributed by atoms with Crippen LogP contribution in [0.5, 0.6) is 0 Å². The van der Waals surface area contributed by atoms with E-state index in [0.29, 0.717) is 36.9 Å². The second-order valence-electron chi connectivity index (χ2n) is 9.23. The molecule has 4 aliphatic rings. The Morgan fingerprint density at radius 1 is 0.607 bits per heavy atom. The highest BCUT2D eigenvalue weighted by Crippen LogP contribution is 2.44. The Kier molecular flexibility index (Phi) is 6.54. The zero-order valence-corrected chi connectivity index (χ0v) is 16.9. The van der Waals surface area contributed by atoms with Crippen LogP contribution in [0.25, 0.3) is 0 Å². The van der Waals surface area contributed by atoms with Crippen LogP contribution in [0.15, 0.2) is 24.3 Å². The van der Waals surface area contributed by atoms with Gasteiger partial charge in [0.1, 0.15) is 0 Å². The van der Waals surface area contributed by atoms with Gasteiger partial charge in [-0.25, -0.2) is 0 Å². The SMILES string of the molecule is O=C(OCCCCCCCCOC(=O)[C@@H]1C[C@@H]2C=C[C@H]1C2)[C@H]1CC2C=CC1C2. The maximum absolute atomic E-state index is 12.1. The lowest BCUT2D eigenvalue weighted by Crippen LogP contribution is -2.22. The van der Waals surface area contributed by atoms with Crippen molar-refractivity contribution >= 4 is 11.9 Å². The Bertz CT molecular complexity index is 568. The molecule has 2 saturated carbocycles. The van der Waals surface area contributed by atoms with E-state index in [4.69, 9.17) is 9.47 Å². The van der Waals surface area contributed by atoms with Crippen LogP contribution >= 0.6 is 0 Å². The lowest BCUT2D eigenvalue weighted by molar-refractivity contribution is -0.150. The predicted molar refractivity (Wildman–Crippen MR) is 107 cm³/mol. The summed E-state index contributed by atoms with van der Waals surface area (Å²) in [6, 6.07) is 0. The normalized spacial score (nSPS) is 34.3. The summed E-state index contributed by atoms with van der Waals surface area (Å²) >= 11 is 0. The molecule has 2 fully saturated rings. The monoisotopic (exact) mass is 386 g/mol. The molecule has 0 amide bonds. The van der Waals surface area contributed by atoms with Gasteiger partial charge < -0.3 is 9.47 Å². The van der Waals surface area contributed by atoms with Gasteiger partial charge in [0.2, 0.25) is 0 Å². The van der Waals surface area contributed by atoms with Crippen molar-refractivity contribution in [1.82, 2.24) is 0 Å². The number of ether oxygens (including phenoxy) is 2.